The molecule has 5 heteroatoms. The monoisotopic (exact) mass is 320 g/mol. The van der Waals surface area contributed by atoms with E-state index in [2.05, 4.69) is 17.3 Å². The number of likely N-dealkylation sites (tertiary alicyclic amines) is 1. The second-order valence-corrected chi connectivity index (χ2v) is 5.62. The lowest BCUT2D eigenvalue weighted by Gasteiger charge is -2.28. The van der Waals surface area contributed by atoms with Crippen molar-refractivity contribution in [1.29, 1.82) is 0 Å². The molecular weight excluding hydrogens is 300 g/mol. The minimum atomic E-state index is 0. The van der Waals surface area contributed by atoms with E-state index < -0.39 is 0 Å². The van der Waals surface area contributed by atoms with Crippen molar-refractivity contribution < 1.29 is 9.21 Å². The van der Waals surface area contributed by atoms with E-state index in [0.29, 0.717) is 5.88 Å². The fourth-order valence-electron chi connectivity index (χ4n) is 2.75. The third-order valence-electron chi connectivity index (χ3n) is 4.03. The highest BCUT2D eigenvalue weighted by molar-refractivity contribution is 5.98. The Morgan fingerprint density at radius 3 is 2.68 bits per heavy atom. The Morgan fingerprint density at radius 2 is 2.00 bits per heavy atom. The topological polar surface area (TPSA) is 45.5 Å². The Hall–Kier alpha value is -1.78. The number of Topliss-reactive ketones (excluding diaryl/α,β-unsaturated/α-hetero) is 1. The van der Waals surface area contributed by atoms with Gasteiger partial charge in [0.25, 0.3) is 0 Å². The normalized spacial score (nSPS) is 16.0. The number of rotatable bonds is 4. The molecular formula is C17H21ClN2O2. The quantitative estimate of drug-likeness (QED) is 0.866. The van der Waals surface area contributed by atoms with Crippen LogP contribution in [0.15, 0.2) is 47.1 Å². The lowest BCUT2D eigenvalue weighted by atomic mass is 9.89. The zero-order chi connectivity index (χ0) is 14.7. The Morgan fingerprint density at radius 1 is 1.23 bits per heavy atom. The van der Waals surface area contributed by atoms with Crippen molar-refractivity contribution in [2.75, 3.05) is 25.5 Å². The first-order chi connectivity index (χ1) is 10.2. The molecule has 0 atom stereocenters. The van der Waals surface area contributed by atoms with Gasteiger partial charge in [0.1, 0.15) is 0 Å². The molecule has 1 aliphatic rings. The number of benzene rings is 1. The molecule has 0 radical (unpaired) electrons. The van der Waals surface area contributed by atoms with Crippen molar-refractivity contribution >= 4 is 29.8 Å². The van der Waals surface area contributed by atoms with Gasteiger partial charge in [-0.05, 0) is 51.2 Å². The van der Waals surface area contributed by atoms with Crippen LogP contribution < -0.4 is 5.32 Å². The Bertz CT molecular complexity index is 605. The summed E-state index contributed by atoms with van der Waals surface area (Å²) in [6, 6.07) is 11.3. The zero-order valence-corrected chi connectivity index (χ0v) is 13.4. The average molecular weight is 321 g/mol. The van der Waals surface area contributed by atoms with Gasteiger partial charge in [0.05, 0.1) is 6.26 Å². The van der Waals surface area contributed by atoms with Gasteiger partial charge < -0.3 is 14.6 Å². The van der Waals surface area contributed by atoms with Crippen LogP contribution >= 0.6 is 12.4 Å². The van der Waals surface area contributed by atoms with Crippen molar-refractivity contribution in [1.82, 2.24) is 4.90 Å². The highest BCUT2D eigenvalue weighted by Gasteiger charge is 2.24. The molecule has 0 amide bonds. The van der Waals surface area contributed by atoms with Crippen LogP contribution in [-0.2, 0) is 0 Å². The van der Waals surface area contributed by atoms with Crippen molar-refractivity contribution in [3.05, 3.63) is 48.2 Å². The second kappa shape index (κ2) is 7.47. The third kappa shape index (κ3) is 3.90. The maximum atomic E-state index is 12.6. The van der Waals surface area contributed by atoms with Crippen LogP contribution in [0.3, 0.4) is 0 Å². The minimum Gasteiger partial charge on any atom is -0.449 e. The largest absolute Gasteiger partial charge is 0.449 e. The summed E-state index contributed by atoms with van der Waals surface area (Å²) in [6.45, 7) is 2.00. The fourth-order valence-corrected chi connectivity index (χ4v) is 2.75. The van der Waals surface area contributed by atoms with Gasteiger partial charge in [-0.15, -0.1) is 12.4 Å². The van der Waals surface area contributed by atoms with Crippen LogP contribution in [0.1, 0.15) is 23.2 Å². The summed E-state index contributed by atoms with van der Waals surface area (Å²) >= 11 is 0. The van der Waals surface area contributed by atoms with Gasteiger partial charge in [0.2, 0.25) is 0 Å². The van der Waals surface area contributed by atoms with Crippen LogP contribution in [0, 0.1) is 5.92 Å². The second-order valence-electron chi connectivity index (χ2n) is 5.62. The van der Waals surface area contributed by atoms with Gasteiger partial charge in [-0.1, -0.05) is 12.1 Å². The molecule has 0 bridgehead atoms. The van der Waals surface area contributed by atoms with Gasteiger partial charge in [0.15, 0.2) is 11.7 Å². The molecule has 2 heterocycles. The maximum absolute atomic E-state index is 12.6. The van der Waals surface area contributed by atoms with Crippen LogP contribution in [0.5, 0.6) is 0 Å². The number of nitrogens with one attached hydrogen (secondary N) is 1. The summed E-state index contributed by atoms with van der Waals surface area (Å²) in [5.74, 6) is 1.09. The summed E-state index contributed by atoms with van der Waals surface area (Å²) in [5, 5.41) is 3.16. The van der Waals surface area contributed by atoms with E-state index in [4.69, 9.17) is 4.42 Å². The fraction of sp³-hybridized carbons (Fsp3) is 0.353. The van der Waals surface area contributed by atoms with Crippen LogP contribution in [0.2, 0.25) is 0 Å². The average Bonchev–Trinajstić information content (AvgIpc) is 3.00. The van der Waals surface area contributed by atoms with E-state index in [-0.39, 0.29) is 24.1 Å². The smallest absolute Gasteiger partial charge is 0.196 e. The number of nitrogens with zero attached hydrogens (tertiary/aromatic N) is 1. The summed E-state index contributed by atoms with van der Waals surface area (Å²) in [4.78, 5) is 14.9. The SMILES string of the molecule is CN1CCC(C(=O)c2cccc(Nc3ccco3)c2)CC1.Cl. The standard InChI is InChI=1S/C17H20N2O2.ClH/c1-19-9-7-13(8-10-19)17(20)14-4-2-5-15(12-14)18-16-6-3-11-21-16;/h2-6,11-13,18H,7-10H2,1H3;1H. The van der Waals surface area contributed by atoms with Crippen molar-refractivity contribution in [3.63, 3.8) is 0 Å². The molecule has 3 rings (SSSR count). The summed E-state index contributed by atoms with van der Waals surface area (Å²) in [6.07, 6.45) is 3.52. The number of hydrogen-bond donors (Lipinski definition) is 1. The first kappa shape index (κ1) is 16.6. The number of piperidine rings is 1. The molecule has 1 saturated heterocycles. The number of hydrogen-bond acceptors (Lipinski definition) is 4. The molecule has 118 valence electrons. The van der Waals surface area contributed by atoms with Gasteiger partial charge >= 0.3 is 0 Å². The molecule has 1 fully saturated rings. The van der Waals surface area contributed by atoms with E-state index in [1.165, 1.54) is 0 Å². The van der Waals surface area contributed by atoms with Crippen molar-refractivity contribution in [2.24, 2.45) is 5.92 Å². The Balaban J connectivity index is 0.00000176. The van der Waals surface area contributed by atoms with Crippen molar-refractivity contribution in [3.8, 4) is 0 Å². The van der Waals surface area contributed by atoms with E-state index >= 15 is 0 Å². The third-order valence-corrected chi connectivity index (χ3v) is 4.03. The highest BCUT2D eigenvalue weighted by atomic mass is 35.5. The van der Waals surface area contributed by atoms with Crippen molar-refractivity contribution in [2.45, 2.75) is 12.8 Å². The lowest BCUT2D eigenvalue weighted by Crippen LogP contribution is -2.33. The molecule has 0 spiro atoms. The molecule has 2 aromatic rings. The zero-order valence-electron chi connectivity index (χ0n) is 12.6. The van der Waals surface area contributed by atoms with Gasteiger partial charge in [-0.25, -0.2) is 0 Å². The van der Waals surface area contributed by atoms with E-state index in [0.717, 1.165) is 37.2 Å². The minimum absolute atomic E-state index is 0. The summed E-state index contributed by atoms with van der Waals surface area (Å²) in [7, 11) is 2.11. The number of ketones is 1. The molecule has 22 heavy (non-hydrogen) atoms. The molecule has 1 aromatic heterocycles. The predicted octanol–water partition coefficient (Wildman–Crippen LogP) is 3.97. The highest BCUT2D eigenvalue weighted by Crippen LogP contribution is 2.24. The predicted molar refractivity (Wildman–Crippen MR) is 90.2 cm³/mol. The number of halogens is 1. The van der Waals surface area contributed by atoms with Gasteiger partial charge in [-0.2, -0.15) is 0 Å². The molecule has 0 saturated carbocycles. The first-order valence-corrected chi connectivity index (χ1v) is 7.36. The number of anilines is 2. The first-order valence-electron chi connectivity index (χ1n) is 7.36. The van der Waals surface area contributed by atoms with Crippen LogP contribution in [-0.4, -0.2) is 30.8 Å². The number of furan rings is 1. The van der Waals surface area contributed by atoms with E-state index in [9.17, 15) is 4.79 Å². The molecule has 1 N–H and O–H groups in total. The van der Waals surface area contributed by atoms with Gasteiger partial charge in [0, 0.05) is 23.2 Å². The molecule has 0 unspecified atom stereocenters. The van der Waals surface area contributed by atoms with Gasteiger partial charge in [-0.3, -0.25) is 4.79 Å². The summed E-state index contributed by atoms with van der Waals surface area (Å²) in [5.41, 5.74) is 1.66. The van der Waals surface area contributed by atoms with Crippen LogP contribution in [0.4, 0.5) is 11.6 Å². The molecule has 4 nitrogen and oxygen atoms in total. The number of carbonyl (C=O) groups excluding carboxylic acids is 1. The van der Waals surface area contributed by atoms with Crippen LogP contribution in [0.25, 0.3) is 0 Å². The Kier molecular flexibility index (Phi) is 5.63. The van der Waals surface area contributed by atoms with E-state index in [1.807, 2.05) is 36.4 Å². The number of carbonyl (C=O) groups is 1. The summed E-state index contributed by atoms with van der Waals surface area (Å²) < 4.78 is 5.26. The lowest BCUT2D eigenvalue weighted by molar-refractivity contribution is 0.0857. The molecule has 1 aromatic carbocycles. The maximum Gasteiger partial charge on any atom is 0.196 e. The molecule has 1 aliphatic heterocycles. The molecule has 0 aliphatic carbocycles. The Labute approximate surface area is 136 Å². The van der Waals surface area contributed by atoms with E-state index in [1.54, 1.807) is 6.26 Å².